The molecule has 0 spiro atoms. The van der Waals surface area contributed by atoms with Crippen LogP contribution < -0.4 is 5.32 Å². The van der Waals surface area contributed by atoms with Gasteiger partial charge in [-0.1, -0.05) is 6.07 Å². The van der Waals surface area contributed by atoms with Crippen molar-refractivity contribution >= 4 is 11.8 Å². The number of esters is 1. The number of rotatable bonds is 11. The highest BCUT2D eigenvalue weighted by Gasteiger charge is 2.41. The highest BCUT2D eigenvalue weighted by atomic mass is 16.6. The molecular formula is C34H50N4O5. The van der Waals surface area contributed by atoms with E-state index in [0.29, 0.717) is 26.2 Å². The molecular weight excluding hydrogens is 544 g/mol. The van der Waals surface area contributed by atoms with E-state index in [-0.39, 0.29) is 18.2 Å². The summed E-state index contributed by atoms with van der Waals surface area (Å²) in [5.41, 5.74) is 4.45. The fourth-order valence-corrected chi connectivity index (χ4v) is 6.29. The third-order valence-electron chi connectivity index (χ3n) is 8.91. The van der Waals surface area contributed by atoms with Crippen LogP contribution in [-0.2, 0) is 49.6 Å². The number of hydrogen-bond donors (Lipinski definition) is 1. The minimum atomic E-state index is -0.597. The first kappa shape index (κ1) is 31.8. The Balaban J connectivity index is 1.22. The summed E-state index contributed by atoms with van der Waals surface area (Å²) in [5, 5.41) is 3.43. The van der Waals surface area contributed by atoms with E-state index in [2.05, 4.69) is 27.3 Å². The van der Waals surface area contributed by atoms with Crippen molar-refractivity contribution in [2.45, 2.75) is 116 Å². The SMILES string of the molecule is COC(C)(C)[C@@H]1Cc2c(cncc2C(C(=O)OC(C)(C)C)N2CC[C@@H](OCCCCc3ccc4c(n3)NCCC4)C2)CO1. The summed E-state index contributed by atoms with van der Waals surface area (Å²) in [5.74, 6) is 0.815. The highest BCUT2D eigenvalue weighted by molar-refractivity contribution is 5.79. The number of methoxy groups -OCH3 is 1. The molecule has 3 atom stereocenters. The molecule has 5 rings (SSSR count). The van der Waals surface area contributed by atoms with Gasteiger partial charge in [-0.2, -0.15) is 0 Å². The number of nitrogens with zero attached hydrogens (tertiary/aromatic N) is 3. The van der Waals surface area contributed by atoms with E-state index in [1.807, 2.05) is 47.0 Å². The van der Waals surface area contributed by atoms with E-state index in [1.54, 1.807) is 7.11 Å². The molecule has 236 valence electrons. The van der Waals surface area contributed by atoms with E-state index >= 15 is 0 Å². The zero-order chi connectivity index (χ0) is 30.6. The Hall–Kier alpha value is -2.59. The largest absolute Gasteiger partial charge is 0.459 e. The maximum Gasteiger partial charge on any atom is 0.328 e. The van der Waals surface area contributed by atoms with Gasteiger partial charge in [0.25, 0.3) is 0 Å². The minimum Gasteiger partial charge on any atom is -0.459 e. The van der Waals surface area contributed by atoms with E-state index in [4.69, 9.17) is 23.9 Å². The molecule has 1 N–H and O–H groups in total. The monoisotopic (exact) mass is 594 g/mol. The molecule has 9 nitrogen and oxygen atoms in total. The lowest BCUT2D eigenvalue weighted by Gasteiger charge is -2.38. The number of carbonyl (C=O) groups is 1. The second kappa shape index (κ2) is 13.6. The summed E-state index contributed by atoms with van der Waals surface area (Å²) in [4.78, 5) is 25.4. The quantitative estimate of drug-likeness (QED) is 0.278. The molecule has 0 saturated carbocycles. The van der Waals surface area contributed by atoms with Gasteiger partial charge in [-0.3, -0.25) is 9.88 Å². The van der Waals surface area contributed by atoms with Gasteiger partial charge >= 0.3 is 5.97 Å². The van der Waals surface area contributed by atoms with Crippen LogP contribution in [0, 0.1) is 0 Å². The number of pyridine rings is 2. The van der Waals surface area contributed by atoms with E-state index in [1.165, 1.54) is 12.0 Å². The highest BCUT2D eigenvalue weighted by Crippen LogP contribution is 2.36. The summed E-state index contributed by atoms with van der Waals surface area (Å²) in [7, 11) is 1.71. The maximum absolute atomic E-state index is 13.8. The smallest absolute Gasteiger partial charge is 0.328 e. The number of aromatic nitrogens is 2. The van der Waals surface area contributed by atoms with Crippen LogP contribution in [0.5, 0.6) is 0 Å². The van der Waals surface area contributed by atoms with Crippen LogP contribution in [-0.4, -0.2) is 77.6 Å². The molecule has 2 aromatic heterocycles. The summed E-state index contributed by atoms with van der Waals surface area (Å²) < 4.78 is 24.3. The van der Waals surface area contributed by atoms with Crippen molar-refractivity contribution in [2.75, 3.05) is 38.7 Å². The van der Waals surface area contributed by atoms with Crippen molar-refractivity contribution in [3.63, 3.8) is 0 Å². The number of ether oxygens (including phenoxy) is 4. The van der Waals surface area contributed by atoms with Crippen molar-refractivity contribution in [2.24, 2.45) is 0 Å². The molecule has 1 saturated heterocycles. The van der Waals surface area contributed by atoms with Gasteiger partial charge in [0.15, 0.2) is 0 Å². The fourth-order valence-electron chi connectivity index (χ4n) is 6.29. The second-order valence-electron chi connectivity index (χ2n) is 13.7. The summed E-state index contributed by atoms with van der Waals surface area (Å²) in [6.45, 7) is 13.4. The number of likely N-dealkylation sites (tertiary alicyclic amines) is 1. The average molecular weight is 595 g/mol. The van der Waals surface area contributed by atoms with Crippen LogP contribution in [0.3, 0.4) is 0 Å². The Morgan fingerprint density at radius 2 is 2.00 bits per heavy atom. The fraction of sp³-hybridized carbons (Fsp3) is 0.676. The summed E-state index contributed by atoms with van der Waals surface area (Å²) >= 11 is 0. The van der Waals surface area contributed by atoms with Gasteiger partial charge < -0.3 is 24.3 Å². The first-order valence-electron chi connectivity index (χ1n) is 16.0. The maximum atomic E-state index is 13.8. The van der Waals surface area contributed by atoms with E-state index in [9.17, 15) is 4.79 Å². The molecule has 1 fully saturated rings. The number of nitrogens with one attached hydrogen (secondary N) is 1. The average Bonchev–Trinajstić information content (AvgIpc) is 3.44. The van der Waals surface area contributed by atoms with Gasteiger partial charge in [-0.25, -0.2) is 9.78 Å². The third-order valence-corrected chi connectivity index (χ3v) is 8.91. The molecule has 3 aliphatic heterocycles. The third kappa shape index (κ3) is 7.93. The Kier molecular flexibility index (Phi) is 10.1. The molecule has 3 aliphatic rings. The minimum absolute atomic E-state index is 0.0759. The number of anilines is 1. The van der Waals surface area contributed by atoms with Crippen LogP contribution in [0.4, 0.5) is 5.82 Å². The van der Waals surface area contributed by atoms with Crippen molar-refractivity contribution in [1.82, 2.24) is 14.9 Å². The van der Waals surface area contributed by atoms with Crippen molar-refractivity contribution in [1.29, 1.82) is 0 Å². The van der Waals surface area contributed by atoms with Gasteiger partial charge in [0.1, 0.15) is 17.5 Å². The molecule has 2 aromatic rings. The normalized spacial score (nSPS) is 21.5. The van der Waals surface area contributed by atoms with E-state index in [0.717, 1.165) is 73.4 Å². The Morgan fingerprint density at radius 3 is 2.79 bits per heavy atom. The molecule has 0 radical (unpaired) electrons. The standard InChI is InChI=1S/C34H50N4O5/c1-33(2,3)43-32(39)30(28-20-35-19-24-22-42-29(18-27(24)28)34(4,5)40-6)38-16-14-26(21-38)41-17-8-7-11-25-13-12-23-10-9-15-36-31(23)37-25/h12-13,19-20,26,29-30H,7-11,14-18,21-22H2,1-6H3,(H,36,37)/t26-,29+,30?/m1/s1. The first-order valence-corrected chi connectivity index (χ1v) is 16.0. The molecule has 0 aliphatic carbocycles. The molecule has 5 heterocycles. The van der Waals surface area contributed by atoms with E-state index < -0.39 is 17.2 Å². The number of carbonyl (C=O) groups excluding carboxylic acids is 1. The Labute approximate surface area is 257 Å². The van der Waals surface area contributed by atoms with Gasteiger partial charge in [0.2, 0.25) is 0 Å². The predicted molar refractivity (Wildman–Crippen MR) is 166 cm³/mol. The van der Waals surface area contributed by atoms with Crippen molar-refractivity contribution in [3.05, 3.63) is 52.5 Å². The van der Waals surface area contributed by atoms with Crippen LogP contribution in [0.1, 0.15) is 94.3 Å². The Bertz CT molecular complexity index is 1260. The second-order valence-corrected chi connectivity index (χ2v) is 13.7. The molecule has 0 amide bonds. The lowest BCUT2D eigenvalue weighted by Crippen LogP contribution is -2.44. The number of hydrogen-bond acceptors (Lipinski definition) is 9. The molecule has 9 heteroatoms. The van der Waals surface area contributed by atoms with Crippen molar-refractivity contribution in [3.8, 4) is 0 Å². The van der Waals surface area contributed by atoms with Gasteiger partial charge in [-0.05, 0) is 95.9 Å². The summed E-state index contributed by atoms with van der Waals surface area (Å²) in [6.07, 6.45) is 10.4. The summed E-state index contributed by atoms with van der Waals surface area (Å²) in [6, 6.07) is 3.84. The molecule has 43 heavy (non-hydrogen) atoms. The zero-order valence-electron chi connectivity index (χ0n) is 26.9. The number of unbranched alkanes of at least 4 members (excludes halogenated alkanes) is 1. The molecule has 0 aromatic carbocycles. The topological polar surface area (TPSA) is 95.0 Å². The van der Waals surface area contributed by atoms with Crippen molar-refractivity contribution < 1.29 is 23.7 Å². The van der Waals surface area contributed by atoms with Gasteiger partial charge in [-0.15, -0.1) is 0 Å². The number of fused-ring (bicyclic) bond motifs is 2. The molecule has 1 unspecified atom stereocenters. The lowest BCUT2D eigenvalue weighted by molar-refractivity contribution is -0.161. The van der Waals surface area contributed by atoms with Crippen LogP contribution >= 0.6 is 0 Å². The van der Waals surface area contributed by atoms with Gasteiger partial charge in [0.05, 0.1) is 24.4 Å². The molecule has 0 bridgehead atoms. The van der Waals surface area contributed by atoms with Crippen LogP contribution in [0.15, 0.2) is 24.5 Å². The predicted octanol–water partition coefficient (Wildman–Crippen LogP) is 5.20. The first-order chi connectivity index (χ1) is 20.5. The van der Waals surface area contributed by atoms with Crippen LogP contribution in [0.2, 0.25) is 0 Å². The van der Waals surface area contributed by atoms with Gasteiger partial charge in [0, 0.05) is 63.4 Å². The Morgan fingerprint density at radius 1 is 1.16 bits per heavy atom. The van der Waals surface area contributed by atoms with Crippen LogP contribution in [0.25, 0.3) is 0 Å². The zero-order valence-corrected chi connectivity index (χ0v) is 26.9. The number of aryl methyl sites for hydroxylation is 2. The lowest BCUT2D eigenvalue weighted by atomic mass is 9.86.